The van der Waals surface area contributed by atoms with Gasteiger partial charge in [-0.05, 0) is 31.4 Å². The van der Waals surface area contributed by atoms with Crippen molar-refractivity contribution in [1.29, 1.82) is 0 Å². The molecule has 0 aliphatic carbocycles. The minimum absolute atomic E-state index is 0.433. The van der Waals surface area contributed by atoms with Gasteiger partial charge in [0.15, 0.2) is 0 Å². The summed E-state index contributed by atoms with van der Waals surface area (Å²) < 4.78 is 2.07. The lowest BCUT2D eigenvalue weighted by Gasteiger charge is -2.13. The summed E-state index contributed by atoms with van der Waals surface area (Å²) in [5.74, 6) is 0. The van der Waals surface area contributed by atoms with Gasteiger partial charge in [-0.2, -0.15) is 5.10 Å². The highest BCUT2D eigenvalue weighted by Gasteiger charge is 2.09. The number of aromatic nitrogens is 2. The molecule has 0 aliphatic heterocycles. The third kappa shape index (κ3) is 4.20. The molecule has 1 unspecified atom stereocenters. The van der Waals surface area contributed by atoms with Crippen LogP contribution in [0.5, 0.6) is 0 Å². The van der Waals surface area contributed by atoms with Crippen LogP contribution in [-0.2, 0) is 13.0 Å². The van der Waals surface area contributed by atoms with E-state index >= 15 is 0 Å². The zero-order valence-electron chi connectivity index (χ0n) is 12.5. The van der Waals surface area contributed by atoms with Crippen LogP contribution >= 0.6 is 0 Å². The lowest BCUT2D eigenvalue weighted by atomic mass is 10.1. The maximum absolute atomic E-state index is 4.48. The summed E-state index contributed by atoms with van der Waals surface area (Å²) >= 11 is 0. The quantitative estimate of drug-likeness (QED) is 0.795. The Labute approximate surface area is 122 Å². The van der Waals surface area contributed by atoms with Crippen LogP contribution in [0.4, 0.5) is 0 Å². The number of nitrogens with one attached hydrogen (secondary N) is 1. The fourth-order valence-corrected chi connectivity index (χ4v) is 2.52. The van der Waals surface area contributed by atoms with E-state index in [1.807, 2.05) is 6.20 Å². The van der Waals surface area contributed by atoms with Gasteiger partial charge < -0.3 is 5.32 Å². The molecular formula is C17H25N3. The van der Waals surface area contributed by atoms with Crippen LogP contribution in [0.3, 0.4) is 0 Å². The molecule has 2 aromatic rings. The molecule has 1 heterocycles. The number of rotatable bonds is 8. The van der Waals surface area contributed by atoms with Gasteiger partial charge in [-0.15, -0.1) is 0 Å². The molecule has 0 spiro atoms. The van der Waals surface area contributed by atoms with E-state index in [1.54, 1.807) is 0 Å². The molecule has 0 saturated carbocycles. The third-order valence-corrected chi connectivity index (χ3v) is 3.61. The fourth-order valence-electron chi connectivity index (χ4n) is 2.52. The van der Waals surface area contributed by atoms with Gasteiger partial charge in [-0.25, -0.2) is 0 Å². The Morgan fingerprint density at radius 3 is 2.70 bits per heavy atom. The van der Waals surface area contributed by atoms with Crippen molar-refractivity contribution in [2.24, 2.45) is 0 Å². The number of hydrogen-bond donors (Lipinski definition) is 1. The monoisotopic (exact) mass is 271 g/mol. The third-order valence-electron chi connectivity index (χ3n) is 3.61. The smallest absolute Gasteiger partial charge is 0.0537 e. The van der Waals surface area contributed by atoms with Gasteiger partial charge in [0.05, 0.1) is 6.20 Å². The second kappa shape index (κ2) is 7.85. The van der Waals surface area contributed by atoms with Crippen molar-refractivity contribution >= 4 is 0 Å². The zero-order valence-corrected chi connectivity index (χ0v) is 12.5. The van der Waals surface area contributed by atoms with Crippen molar-refractivity contribution in [2.75, 3.05) is 6.54 Å². The zero-order chi connectivity index (χ0) is 14.2. The normalized spacial score (nSPS) is 12.5. The number of benzene rings is 1. The lowest BCUT2D eigenvalue weighted by molar-refractivity contribution is 0.534. The van der Waals surface area contributed by atoms with Gasteiger partial charge in [-0.3, -0.25) is 4.68 Å². The van der Waals surface area contributed by atoms with Crippen LogP contribution < -0.4 is 5.32 Å². The van der Waals surface area contributed by atoms with Gasteiger partial charge in [0.2, 0.25) is 0 Å². The first-order valence-corrected chi connectivity index (χ1v) is 7.63. The molecule has 0 fully saturated rings. The van der Waals surface area contributed by atoms with Crippen molar-refractivity contribution in [1.82, 2.24) is 15.1 Å². The van der Waals surface area contributed by atoms with Gasteiger partial charge in [0, 0.05) is 24.3 Å². The van der Waals surface area contributed by atoms with Crippen LogP contribution in [0.25, 0.3) is 0 Å². The number of aryl methyl sites for hydroxylation is 2. The molecule has 0 radical (unpaired) electrons. The molecular weight excluding hydrogens is 246 g/mol. The van der Waals surface area contributed by atoms with E-state index in [4.69, 9.17) is 0 Å². The van der Waals surface area contributed by atoms with Crippen molar-refractivity contribution < 1.29 is 0 Å². The summed E-state index contributed by atoms with van der Waals surface area (Å²) in [5.41, 5.74) is 2.70. The van der Waals surface area contributed by atoms with Crippen LogP contribution in [0.15, 0.2) is 42.7 Å². The average Bonchev–Trinajstić information content (AvgIpc) is 2.94. The highest BCUT2D eigenvalue weighted by molar-refractivity contribution is 5.14. The molecule has 3 heteroatoms. The SMILES string of the molecule is CCNC(CC)c1cnn(CCCc2ccccc2)c1. The van der Waals surface area contributed by atoms with Crippen LogP contribution in [0.1, 0.15) is 43.9 Å². The standard InChI is InChI=1S/C17H25N3/c1-3-17(18-4-2)16-13-19-20(14-16)12-8-11-15-9-6-5-7-10-15/h5-7,9-10,13-14,17-18H,3-4,8,11-12H2,1-2H3. The van der Waals surface area contributed by atoms with Crippen LogP contribution in [-0.4, -0.2) is 16.3 Å². The van der Waals surface area contributed by atoms with Crippen LogP contribution in [0, 0.1) is 0 Å². The maximum Gasteiger partial charge on any atom is 0.0537 e. The van der Waals surface area contributed by atoms with Gasteiger partial charge >= 0.3 is 0 Å². The van der Waals surface area contributed by atoms with Crippen molar-refractivity contribution in [3.8, 4) is 0 Å². The Hall–Kier alpha value is -1.61. The summed E-state index contributed by atoms with van der Waals surface area (Å²) in [4.78, 5) is 0. The highest BCUT2D eigenvalue weighted by Crippen LogP contribution is 2.15. The van der Waals surface area contributed by atoms with Crippen molar-refractivity contribution in [3.63, 3.8) is 0 Å². The Kier molecular flexibility index (Phi) is 5.81. The second-order valence-corrected chi connectivity index (χ2v) is 5.14. The van der Waals surface area contributed by atoms with Crippen LogP contribution in [0.2, 0.25) is 0 Å². The number of nitrogens with zero attached hydrogens (tertiary/aromatic N) is 2. The molecule has 0 saturated heterocycles. The van der Waals surface area contributed by atoms with Gasteiger partial charge in [-0.1, -0.05) is 44.2 Å². The fraction of sp³-hybridized carbons (Fsp3) is 0.471. The molecule has 1 atom stereocenters. The Morgan fingerprint density at radius 2 is 2.00 bits per heavy atom. The molecule has 1 aromatic heterocycles. The Morgan fingerprint density at radius 1 is 1.20 bits per heavy atom. The molecule has 3 nitrogen and oxygen atoms in total. The summed E-state index contributed by atoms with van der Waals surface area (Å²) in [6.07, 6.45) is 7.52. The van der Waals surface area contributed by atoms with E-state index in [-0.39, 0.29) is 0 Å². The highest BCUT2D eigenvalue weighted by atomic mass is 15.3. The van der Waals surface area contributed by atoms with E-state index in [2.05, 4.69) is 65.5 Å². The summed E-state index contributed by atoms with van der Waals surface area (Å²) in [6, 6.07) is 11.1. The molecule has 1 aromatic carbocycles. The van der Waals surface area contributed by atoms with E-state index in [0.717, 1.165) is 32.4 Å². The average molecular weight is 271 g/mol. The van der Waals surface area contributed by atoms with Crippen molar-refractivity contribution in [2.45, 2.75) is 45.7 Å². The van der Waals surface area contributed by atoms with Crippen molar-refractivity contribution in [3.05, 3.63) is 53.9 Å². The summed E-state index contributed by atoms with van der Waals surface area (Å²) in [5, 5.41) is 7.97. The summed E-state index contributed by atoms with van der Waals surface area (Å²) in [6.45, 7) is 6.34. The Balaban J connectivity index is 1.83. The topological polar surface area (TPSA) is 29.9 Å². The number of hydrogen-bond acceptors (Lipinski definition) is 2. The largest absolute Gasteiger partial charge is 0.310 e. The second-order valence-electron chi connectivity index (χ2n) is 5.14. The Bertz CT molecular complexity index is 490. The molecule has 0 aliphatic rings. The minimum atomic E-state index is 0.433. The minimum Gasteiger partial charge on any atom is -0.310 e. The first kappa shape index (κ1) is 14.8. The molecule has 0 bridgehead atoms. The molecule has 108 valence electrons. The first-order chi connectivity index (χ1) is 9.83. The predicted octanol–water partition coefficient (Wildman–Crippen LogP) is 3.58. The van der Waals surface area contributed by atoms with E-state index in [1.165, 1.54) is 11.1 Å². The van der Waals surface area contributed by atoms with Gasteiger partial charge in [0.1, 0.15) is 0 Å². The molecule has 2 rings (SSSR count). The first-order valence-electron chi connectivity index (χ1n) is 7.63. The van der Waals surface area contributed by atoms with Gasteiger partial charge in [0.25, 0.3) is 0 Å². The molecule has 0 amide bonds. The van der Waals surface area contributed by atoms with E-state index in [9.17, 15) is 0 Å². The summed E-state index contributed by atoms with van der Waals surface area (Å²) in [7, 11) is 0. The maximum atomic E-state index is 4.48. The molecule has 20 heavy (non-hydrogen) atoms. The lowest BCUT2D eigenvalue weighted by Crippen LogP contribution is -2.19. The molecule has 1 N–H and O–H groups in total. The van der Waals surface area contributed by atoms with E-state index < -0.39 is 0 Å². The predicted molar refractivity (Wildman–Crippen MR) is 83.7 cm³/mol. The van der Waals surface area contributed by atoms with E-state index in [0.29, 0.717) is 6.04 Å².